The number of pyridine rings is 1. The summed E-state index contributed by atoms with van der Waals surface area (Å²) < 4.78 is 67.2. The zero-order chi connectivity index (χ0) is 32.6. The number of hydrogen-bond donors (Lipinski definition) is 5. The first-order valence-corrected chi connectivity index (χ1v) is 13.0. The number of hydrogen-bond acceptors (Lipinski definition) is 8. The predicted molar refractivity (Wildman–Crippen MR) is 152 cm³/mol. The second-order valence-corrected chi connectivity index (χ2v) is 9.64. The highest BCUT2D eigenvalue weighted by atomic mass is 19.4. The summed E-state index contributed by atoms with van der Waals surface area (Å²) in [6, 6.07) is 11.1. The maximum Gasteiger partial charge on any atom is 0.424 e. The number of ether oxygens (including phenoxy) is 2. The monoisotopic (exact) mass is 609 g/mol. The zero-order valence-corrected chi connectivity index (χ0v) is 24.3. The normalized spacial score (nSPS) is 13.3. The van der Waals surface area contributed by atoms with Crippen molar-refractivity contribution in [2.24, 2.45) is 16.6 Å². The van der Waals surface area contributed by atoms with E-state index < -0.39 is 41.3 Å². The van der Waals surface area contributed by atoms with Gasteiger partial charge in [0.1, 0.15) is 12.4 Å². The molecule has 0 fully saturated rings. The van der Waals surface area contributed by atoms with Crippen LogP contribution in [0, 0.1) is 5.82 Å². The molecule has 1 unspecified atom stereocenters. The van der Waals surface area contributed by atoms with Gasteiger partial charge in [-0.1, -0.05) is 19.0 Å². The highest BCUT2D eigenvalue weighted by molar-refractivity contribution is 5.95. The van der Waals surface area contributed by atoms with Gasteiger partial charge in [0.2, 0.25) is 5.60 Å². The SMILES string of the molecule is CC.COc1cc(C(=O)NCC(O)(c2cc(C(C)(C)N)cc(-c3ccc(F)cc3)n2)C(F)(F)F)ccc1OC/C(N)=N/O. The summed E-state index contributed by atoms with van der Waals surface area (Å²) in [6.07, 6.45) is -5.28. The van der Waals surface area contributed by atoms with Crippen LogP contribution >= 0.6 is 0 Å². The molecule has 7 N–H and O–H groups in total. The summed E-state index contributed by atoms with van der Waals surface area (Å²) in [5.41, 5.74) is 6.33. The summed E-state index contributed by atoms with van der Waals surface area (Å²) in [4.78, 5) is 16.9. The van der Waals surface area contributed by atoms with Crippen molar-refractivity contribution >= 4 is 11.7 Å². The molecule has 0 aliphatic carbocycles. The average Bonchev–Trinajstić information content (AvgIpc) is 2.98. The van der Waals surface area contributed by atoms with E-state index in [0.717, 1.165) is 18.2 Å². The molecule has 43 heavy (non-hydrogen) atoms. The molecule has 0 saturated carbocycles. The molecule has 234 valence electrons. The molecule has 0 spiro atoms. The number of halogens is 4. The van der Waals surface area contributed by atoms with Gasteiger partial charge >= 0.3 is 6.18 Å². The van der Waals surface area contributed by atoms with E-state index in [1.807, 2.05) is 13.8 Å². The number of nitrogens with one attached hydrogen (secondary N) is 1. The van der Waals surface area contributed by atoms with Gasteiger partial charge in [0, 0.05) is 16.7 Å². The molecule has 1 aromatic heterocycles. The van der Waals surface area contributed by atoms with Crippen molar-refractivity contribution in [1.29, 1.82) is 0 Å². The van der Waals surface area contributed by atoms with Crippen LogP contribution in [0.25, 0.3) is 11.3 Å². The lowest BCUT2D eigenvalue weighted by Crippen LogP contribution is -2.51. The number of carbonyl (C=O) groups excluding carboxylic acids is 1. The summed E-state index contributed by atoms with van der Waals surface area (Å²) in [6.45, 7) is 5.51. The Balaban J connectivity index is 0.00000316. The largest absolute Gasteiger partial charge is 0.493 e. The first-order valence-electron chi connectivity index (χ1n) is 13.0. The van der Waals surface area contributed by atoms with E-state index in [-0.39, 0.29) is 46.3 Å². The number of aromatic nitrogens is 1. The Labute approximate surface area is 246 Å². The summed E-state index contributed by atoms with van der Waals surface area (Å²) in [5.74, 6) is -1.61. The number of nitrogens with two attached hydrogens (primary N) is 2. The second kappa shape index (κ2) is 14.2. The molecule has 0 radical (unpaired) electrons. The summed E-state index contributed by atoms with van der Waals surface area (Å²) >= 11 is 0. The smallest absolute Gasteiger partial charge is 0.424 e. The third-order valence-electron chi connectivity index (χ3n) is 6.04. The van der Waals surface area contributed by atoms with E-state index in [1.165, 1.54) is 43.5 Å². The van der Waals surface area contributed by atoms with Gasteiger partial charge in [-0.15, -0.1) is 0 Å². The minimum absolute atomic E-state index is 0.0113. The molecule has 1 heterocycles. The lowest BCUT2D eigenvalue weighted by atomic mass is 9.89. The number of methoxy groups -OCH3 is 1. The number of carbonyl (C=O) groups is 1. The minimum atomic E-state index is -5.28. The molecule has 0 aliphatic heterocycles. The van der Waals surface area contributed by atoms with Crippen LogP contribution in [-0.4, -0.2) is 53.5 Å². The van der Waals surface area contributed by atoms with Crippen molar-refractivity contribution in [1.82, 2.24) is 10.3 Å². The molecule has 3 rings (SSSR count). The predicted octanol–water partition coefficient (Wildman–Crippen LogP) is 4.42. The molecule has 1 amide bonds. The standard InChI is InChI=1S/C27H29F4N5O5.C2H6/c1-25(2,33)17-11-19(15-4-7-18(28)8-5-15)35-22(12-17)26(38,27(29,30)31)14-34-24(37)16-6-9-20(21(10-16)40-3)41-13-23(32)36-39;1-2/h4-12,38-39H,13-14,33H2,1-3H3,(H2,32,36)(H,34,37);1-2H3. The molecule has 0 aliphatic rings. The van der Waals surface area contributed by atoms with Crippen molar-refractivity contribution in [3.05, 3.63) is 77.2 Å². The fourth-order valence-corrected chi connectivity index (χ4v) is 3.64. The molecule has 14 heteroatoms. The summed E-state index contributed by atoms with van der Waals surface area (Å²) in [7, 11) is 1.27. The highest BCUT2D eigenvalue weighted by Crippen LogP contribution is 2.40. The molecule has 3 aromatic rings. The Hall–Kier alpha value is -4.43. The van der Waals surface area contributed by atoms with Crippen LogP contribution in [0.15, 0.2) is 59.8 Å². The van der Waals surface area contributed by atoms with E-state index in [0.29, 0.717) is 0 Å². The third-order valence-corrected chi connectivity index (χ3v) is 6.04. The molecule has 1 atom stereocenters. The van der Waals surface area contributed by atoms with Crippen LogP contribution in [0.5, 0.6) is 11.5 Å². The molecule has 2 aromatic carbocycles. The van der Waals surface area contributed by atoms with E-state index >= 15 is 0 Å². The number of aliphatic hydroxyl groups is 1. The van der Waals surface area contributed by atoms with Crippen LogP contribution < -0.4 is 26.3 Å². The first-order chi connectivity index (χ1) is 20.1. The Kier molecular flexibility index (Phi) is 11.4. The van der Waals surface area contributed by atoms with Gasteiger partial charge in [0.15, 0.2) is 17.3 Å². The Bertz CT molecular complexity index is 1430. The number of rotatable bonds is 10. The number of alkyl halides is 3. The number of oxime groups is 1. The minimum Gasteiger partial charge on any atom is -0.493 e. The van der Waals surface area contributed by atoms with Crippen LogP contribution in [-0.2, 0) is 11.1 Å². The molecule has 0 bridgehead atoms. The molecule has 0 saturated heterocycles. The van der Waals surface area contributed by atoms with Gasteiger partial charge in [-0.2, -0.15) is 13.2 Å². The van der Waals surface area contributed by atoms with Gasteiger partial charge < -0.3 is 36.6 Å². The number of amidine groups is 1. The van der Waals surface area contributed by atoms with Crippen molar-refractivity contribution in [3.63, 3.8) is 0 Å². The van der Waals surface area contributed by atoms with Crippen molar-refractivity contribution in [3.8, 4) is 22.8 Å². The fraction of sp³-hybridized carbons (Fsp3) is 0.345. The zero-order valence-electron chi connectivity index (χ0n) is 24.3. The molecular formula is C29H35F4N5O5. The van der Waals surface area contributed by atoms with Gasteiger partial charge in [-0.25, -0.2) is 9.37 Å². The average molecular weight is 610 g/mol. The highest BCUT2D eigenvalue weighted by Gasteiger charge is 2.56. The quantitative estimate of drug-likeness (QED) is 0.0741. The number of nitrogens with zero attached hydrogens (tertiary/aromatic N) is 2. The topological polar surface area (TPSA) is 165 Å². The van der Waals surface area contributed by atoms with Crippen LogP contribution in [0.2, 0.25) is 0 Å². The summed E-state index contributed by atoms with van der Waals surface area (Å²) in [5, 5.41) is 24.5. The molecule has 10 nitrogen and oxygen atoms in total. The van der Waals surface area contributed by atoms with Gasteiger partial charge in [0.25, 0.3) is 5.91 Å². The lowest BCUT2D eigenvalue weighted by Gasteiger charge is -2.32. The lowest BCUT2D eigenvalue weighted by molar-refractivity contribution is -0.265. The third kappa shape index (κ3) is 8.55. The van der Waals surface area contributed by atoms with E-state index in [1.54, 1.807) is 13.8 Å². The van der Waals surface area contributed by atoms with Crippen LogP contribution in [0.1, 0.15) is 49.3 Å². The van der Waals surface area contributed by atoms with Crippen LogP contribution in [0.3, 0.4) is 0 Å². The molecular weight excluding hydrogens is 574 g/mol. The number of benzene rings is 2. The first kappa shape index (κ1) is 34.8. The fourth-order valence-electron chi connectivity index (χ4n) is 3.64. The van der Waals surface area contributed by atoms with Gasteiger partial charge in [-0.3, -0.25) is 4.79 Å². The van der Waals surface area contributed by atoms with E-state index in [4.69, 9.17) is 26.1 Å². The maximum absolute atomic E-state index is 14.4. The van der Waals surface area contributed by atoms with E-state index in [2.05, 4.69) is 15.5 Å². The van der Waals surface area contributed by atoms with E-state index in [9.17, 15) is 27.5 Å². The Morgan fingerprint density at radius 3 is 2.21 bits per heavy atom. The second-order valence-electron chi connectivity index (χ2n) is 9.64. The maximum atomic E-state index is 14.4. The van der Waals surface area contributed by atoms with Gasteiger partial charge in [0.05, 0.1) is 25.0 Å². The van der Waals surface area contributed by atoms with Crippen molar-refractivity contribution in [2.45, 2.75) is 45.0 Å². The Morgan fingerprint density at radius 1 is 1.05 bits per heavy atom. The van der Waals surface area contributed by atoms with Crippen molar-refractivity contribution < 1.29 is 42.1 Å². The number of amides is 1. The van der Waals surface area contributed by atoms with Crippen LogP contribution in [0.4, 0.5) is 17.6 Å². The Morgan fingerprint density at radius 2 is 1.67 bits per heavy atom. The van der Waals surface area contributed by atoms with Crippen molar-refractivity contribution in [2.75, 3.05) is 20.3 Å². The van der Waals surface area contributed by atoms with Gasteiger partial charge in [-0.05, 0) is 74.0 Å².